The molecule has 0 saturated carbocycles. The molecule has 0 amide bonds. The van der Waals surface area contributed by atoms with Gasteiger partial charge in [-0.15, -0.1) is 0 Å². The van der Waals surface area contributed by atoms with Gasteiger partial charge in [-0.1, -0.05) is 18.2 Å². The van der Waals surface area contributed by atoms with Crippen molar-refractivity contribution in [3.8, 4) is 11.8 Å². The van der Waals surface area contributed by atoms with Gasteiger partial charge in [-0.2, -0.15) is 5.26 Å². The monoisotopic (exact) mass is 208 g/mol. The number of nitrogens with one attached hydrogen (secondary N) is 1. The summed E-state index contributed by atoms with van der Waals surface area (Å²) in [7, 11) is 0. The zero-order valence-corrected chi connectivity index (χ0v) is 8.43. The number of hydrogen-bond donors (Lipinski definition) is 1. The highest BCUT2D eigenvalue weighted by Gasteiger charge is 2.03. The lowest BCUT2D eigenvalue weighted by Crippen LogP contribution is -2.15. The molecule has 0 aliphatic carbocycles. The van der Waals surface area contributed by atoms with Crippen LogP contribution in [0.15, 0.2) is 30.5 Å². The molecule has 0 radical (unpaired) electrons. The Morgan fingerprint density at radius 1 is 1.64 bits per heavy atom. The van der Waals surface area contributed by atoms with Crippen LogP contribution in [-0.4, -0.2) is 0 Å². The molecule has 14 heavy (non-hydrogen) atoms. The van der Waals surface area contributed by atoms with Crippen molar-refractivity contribution in [2.24, 2.45) is 0 Å². The van der Waals surface area contributed by atoms with E-state index in [1.54, 1.807) is 25.1 Å². The molecule has 0 heterocycles. The molecule has 0 bridgehead atoms. The Kier molecular flexibility index (Phi) is 3.38. The molecule has 1 N–H and O–H groups in total. The highest BCUT2D eigenvalue weighted by atomic mass is 35.5. The van der Waals surface area contributed by atoms with Crippen molar-refractivity contribution in [2.75, 3.05) is 0 Å². The van der Waals surface area contributed by atoms with Crippen LogP contribution < -0.4 is 10.3 Å². The van der Waals surface area contributed by atoms with Crippen LogP contribution in [0, 0.1) is 11.3 Å². The lowest BCUT2D eigenvalue weighted by molar-refractivity contribution is 0.229. The minimum absolute atomic E-state index is 0.392. The first-order valence-electron chi connectivity index (χ1n) is 3.91. The van der Waals surface area contributed by atoms with Gasteiger partial charge in [0.15, 0.2) is 5.75 Å². The summed E-state index contributed by atoms with van der Waals surface area (Å²) in [5.41, 5.74) is 3.63. The number of benzene rings is 1. The molecule has 0 aliphatic heterocycles. The minimum Gasteiger partial charge on any atom is -0.381 e. The van der Waals surface area contributed by atoms with Crippen molar-refractivity contribution < 1.29 is 4.84 Å². The molecule has 1 aromatic rings. The van der Waals surface area contributed by atoms with E-state index < -0.39 is 0 Å². The summed E-state index contributed by atoms with van der Waals surface area (Å²) in [4.78, 5) is 5.11. The second-order valence-corrected chi connectivity index (χ2v) is 3.17. The van der Waals surface area contributed by atoms with E-state index in [1.807, 2.05) is 6.07 Å². The predicted molar refractivity (Wildman–Crippen MR) is 54.7 cm³/mol. The summed E-state index contributed by atoms with van der Waals surface area (Å²) >= 11 is 5.75. The summed E-state index contributed by atoms with van der Waals surface area (Å²) in [6.45, 7) is 5.34. The average molecular weight is 209 g/mol. The normalized spacial score (nSPS) is 8.93. The Hall–Kier alpha value is -1.66. The maximum atomic E-state index is 8.75. The SMILES string of the molecule is C=C(C)NOc1cc(Cl)ccc1C#N. The topological polar surface area (TPSA) is 45.0 Å². The third kappa shape index (κ3) is 2.68. The first kappa shape index (κ1) is 10.4. The Morgan fingerprint density at radius 2 is 2.36 bits per heavy atom. The number of halogens is 1. The molecular weight excluding hydrogens is 200 g/mol. The van der Waals surface area contributed by atoms with Crippen LogP contribution in [0.4, 0.5) is 0 Å². The summed E-state index contributed by atoms with van der Waals surface area (Å²) < 4.78 is 0. The minimum atomic E-state index is 0.392. The van der Waals surface area contributed by atoms with Crippen LogP contribution in [0.25, 0.3) is 0 Å². The fourth-order valence-corrected chi connectivity index (χ4v) is 0.977. The van der Waals surface area contributed by atoms with E-state index >= 15 is 0 Å². The molecule has 0 fully saturated rings. The van der Waals surface area contributed by atoms with E-state index in [9.17, 15) is 0 Å². The Morgan fingerprint density at radius 3 is 2.93 bits per heavy atom. The molecule has 1 aromatic carbocycles. The fraction of sp³-hybridized carbons (Fsp3) is 0.100. The van der Waals surface area contributed by atoms with E-state index in [2.05, 4.69) is 12.1 Å². The van der Waals surface area contributed by atoms with Crippen LogP contribution in [0.2, 0.25) is 5.02 Å². The van der Waals surface area contributed by atoms with Gasteiger partial charge in [0.25, 0.3) is 0 Å². The van der Waals surface area contributed by atoms with Crippen LogP contribution in [0.1, 0.15) is 12.5 Å². The summed E-state index contributed by atoms with van der Waals surface area (Å²) in [6.07, 6.45) is 0. The van der Waals surface area contributed by atoms with Crippen LogP contribution in [0.5, 0.6) is 5.75 Å². The number of hydrogen-bond acceptors (Lipinski definition) is 3. The lowest BCUT2D eigenvalue weighted by Gasteiger charge is -2.08. The molecule has 0 saturated heterocycles. The van der Waals surface area contributed by atoms with E-state index in [0.29, 0.717) is 22.0 Å². The van der Waals surface area contributed by atoms with Gasteiger partial charge in [0, 0.05) is 16.8 Å². The number of rotatable bonds is 3. The van der Waals surface area contributed by atoms with E-state index in [-0.39, 0.29) is 0 Å². The Labute approximate surface area is 87.5 Å². The van der Waals surface area contributed by atoms with Crippen LogP contribution in [0.3, 0.4) is 0 Å². The molecule has 72 valence electrons. The van der Waals surface area contributed by atoms with Gasteiger partial charge in [0.1, 0.15) is 6.07 Å². The van der Waals surface area contributed by atoms with E-state index in [4.69, 9.17) is 21.7 Å². The van der Waals surface area contributed by atoms with E-state index in [0.717, 1.165) is 0 Å². The van der Waals surface area contributed by atoms with Gasteiger partial charge in [0.2, 0.25) is 0 Å². The van der Waals surface area contributed by atoms with Gasteiger partial charge in [0.05, 0.1) is 5.56 Å². The van der Waals surface area contributed by atoms with Crippen molar-refractivity contribution >= 4 is 11.6 Å². The van der Waals surface area contributed by atoms with Gasteiger partial charge in [-0.05, 0) is 19.1 Å². The number of allylic oxidation sites excluding steroid dienone is 1. The smallest absolute Gasteiger partial charge is 0.174 e. The largest absolute Gasteiger partial charge is 0.381 e. The highest BCUT2D eigenvalue weighted by molar-refractivity contribution is 6.30. The van der Waals surface area contributed by atoms with E-state index in [1.165, 1.54) is 0 Å². The van der Waals surface area contributed by atoms with Crippen molar-refractivity contribution in [3.63, 3.8) is 0 Å². The van der Waals surface area contributed by atoms with Gasteiger partial charge >= 0.3 is 0 Å². The van der Waals surface area contributed by atoms with Crippen molar-refractivity contribution in [1.29, 1.82) is 5.26 Å². The maximum absolute atomic E-state index is 8.75. The molecule has 0 atom stereocenters. The zero-order chi connectivity index (χ0) is 10.6. The molecule has 0 spiro atoms. The number of nitriles is 1. The molecule has 0 aliphatic rings. The molecule has 4 heteroatoms. The van der Waals surface area contributed by atoms with Crippen molar-refractivity contribution in [1.82, 2.24) is 5.48 Å². The summed E-state index contributed by atoms with van der Waals surface area (Å²) in [5, 5.41) is 9.27. The number of hydroxylamine groups is 1. The molecular formula is C10H9ClN2O. The fourth-order valence-electron chi connectivity index (χ4n) is 0.815. The second kappa shape index (κ2) is 4.54. The highest BCUT2D eigenvalue weighted by Crippen LogP contribution is 2.22. The molecule has 3 nitrogen and oxygen atoms in total. The van der Waals surface area contributed by atoms with Crippen molar-refractivity contribution in [2.45, 2.75) is 6.92 Å². The molecule has 1 rings (SSSR count). The lowest BCUT2D eigenvalue weighted by atomic mass is 10.2. The third-order valence-electron chi connectivity index (χ3n) is 1.40. The van der Waals surface area contributed by atoms with Gasteiger partial charge in [-0.25, -0.2) is 5.48 Å². The summed E-state index contributed by atoms with van der Waals surface area (Å²) in [6, 6.07) is 6.79. The third-order valence-corrected chi connectivity index (χ3v) is 1.63. The Bertz CT molecular complexity index is 396. The second-order valence-electron chi connectivity index (χ2n) is 2.74. The van der Waals surface area contributed by atoms with Crippen LogP contribution in [-0.2, 0) is 0 Å². The number of nitrogens with zero attached hydrogens (tertiary/aromatic N) is 1. The predicted octanol–water partition coefficient (Wildman–Crippen LogP) is 2.63. The van der Waals surface area contributed by atoms with Gasteiger partial charge < -0.3 is 4.84 Å². The maximum Gasteiger partial charge on any atom is 0.174 e. The zero-order valence-electron chi connectivity index (χ0n) is 7.67. The van der Waals surface area contributed by atoms with Crippen LogP contribution >= 0.6 is 11.6 Å². The quantitative estimate of drug-likeness (QED) is 0.777. The molecule has 0 aromatic heterocycles. The summed E-state index contributed by atoms with van der Waals surface area (Å²) in [5.74, 6) is 0.392. The Balaban J connectivity index is 2.89. The molecule has 0 unspecified atom stereocenters. The first-order chi connectivity index (χ1) is 6.63. The standard InChI is InChI=1S/C10H9ClN2O/c1-7(2)13-14-10-5-9(11)4-3-8(10)6-12/h3-5,13H,1H2,2H3. The average Bonchev–Trinajstić information content (AvgIpc) is 2.15. The first-order valence-corrected chi connectivity index (χ1v) is 4.29. The van der Waals surface area contributed by atoms with Crippen molar-refractivity contribution in [3.05, 3.63) is 41.1 Å². The van der Waals surface area contributed by atoms with Gasteiger partial charge in [-0.3, -0.25) is 0 Å².